The summed E-state index contributed by atoms with van der Waals surface area (Å²) >= 11 is 0. The molecule has 48 heavy (non-hydrogen) atoms. The van der Waals surface area contributed by atoms with Crippen LogP contribution in [-0.4, -0.2) is 4.98 Å². The summed E-state index contributed by atoms with van der Waals surface area (Å²) in [7, 11) is 0. The van der Waals surface area contributed by atoms with Crippen LogP contribution >= 0.6 is 0 Å². The zero-order valence-electron chi connectivity index (χ0n) is 26.3. The third kappa shape index (κ3) is 4.87. The minimum atomic E-state index is 0.173. The molecule has 0 aliphatic carbocycles. The highest BCUT2D eigenvalue weighted by atomic mass is 14.9. The van der Waals surface area contributed by atoms with Gasteiger partial charge < -0.3 is 5.32 Å². The number of benzene rings is 7. The Balaban J connectivity index is 1.30. The van der Waals surface area contributed by atoms with E-state index in [2.05, 4.69) is 162 Å². The lowest BCUT2D eigenvalue weighted by atomic mass is 9.84. The Morgan fingerprint density at radius 1 is 0.458 bits per heavy atom. The first-order valence-electron chi connectivity index (χ1n) is 16.5. The molecule has 1 unspecified atom stereocenters. The van der Waals surface area contributed by atoms with E-state index in [0.717, 1.165) is 11.3 Å². The smallest absolute Gasteiger partial charge is 0.0701 e. The van der Waals surface area contributed by atoms with E-state index in [9.17, 15) is 0 Å². The molecule has 7 aromatic carbocycles. The Bertz CT molecular complexity index is 2500. The maximum absolute atomic E-state index is 4.58. The van der Waals surface area contributed by atoms with Crippen molar-refractivity contribution in [2.45, 2.75) is 6.04 Å². The second-order valence-corrected chi connectivity index (χ2v) is 12.4. The quantitative estimate of drug-likeness (QED) is 0.196. The molecule has 8 aromatic rings. The van der Waals surface area contributed by atoms with Gasteiger partial charge >= 0.3 is 0 Å². The van der Waals surface area contributed by atoms with Crippen LogP contribution < -0.4 is 5.32 Å². The third-order valence-electron chi connectivity index (χ3n) is 9.60. The number of hydrogen-bond donors (Lipinski definition) is 1. The summed E-state index contributed by atoms with van der Waals surface area (Å²) in [5.41, 5.74) is 10.7. The molecule has 0 spiro atoms. The Hall–Kier alpha value is -6.25. The zero-order chi connectivity index (χ0) is 31.9. The number of rotatable bonds is 5. The molecule has 1 aliphatic rings. The molecule has 0 saturated carbocycles. The van der Waals surface area contributed by atoms with Crippen molar-refractivity contribution in [2.75, 3.05) is 0 Å². The van der Waals surface area contributed by atoms with E-state index in [4.69, 9.17) is 0 Å². The molecular weight excluding hydrogens is 581 g/mol. The van der Waals surface area contributed by atoms with Crippen LogP contribution in [0.5, 0.6) is 0 Å². The Labute approximate surface area is 280 Å². The summed E-state index contributed by atoms with van der Waals surface area (Å²) in [5, 5.41) is 10.9. The molecule has 0 amide bonds. The molecule has 2 heteroatoms. The van der Waals surface area contributed by atoms with Crippen LogP contribution in [0.25, 0.3) is 77.0 Å². The van der Waals surface area contributed by atoms with Crippen molar-refractivity contribution in [3.63, 3.8) is 0 Å². The van der Waals surface area contributed by atoms with Gasteiger partial charge in [0, 0.05) is 11.8 Å². The molecule has 1 atom stereocenters. The Morgan fingerprint density at radius 2 is 1.08 bits per heavy atom. The number of nitrogens with zero attached hydrogens (tertiary/aromatic N) is 1. The predicted octanol–water partition coefficient (Wildman–Crippen LogP) is 11.9. The molecule has 0 fully saturated rings. The van der Waals surface area contributed by atoms with Crippen LogP contribution in [0.2, 0.25) is 0 Å². The number of fused-ring (bicyclic) bond motifs is 3. The van der Waals surface area contributed by atoms with Gasteiger partial charge in [0.05, 0.1) is 11.7 Å². The summed E-state index contributed by atoms with van der Waals surface area (Å²) in [6, 6.07) is 55.4. The topological polar surface area (TPSA) is 24.9 Å². The van der Waals surface area contributed by atoms with E-state index >= 15 is 0 Å². The van der Waals surface area contributed by atoms with Gasteiger partial charge in [-0.15, -0.1) is 0 Å². The van der Waals surface area contributed by atoms with E-state index < -0.39 is 0 Å². The number of hydrogen-bond acceptors (Lipinski definition) is 2. The highest BCUT2D eigenvalue weighted by molar-refractivity contribution is 6.22. The van der Waals surface area contributed by atoms with E-state index in [0.29, 0.717) is 0 Å². The van der Waals surface area contributed by atoms with Crippen LogP contribution in [0.4, 0.5) is 0 Å². The van der Waals surface area contributed by atoms with Gasteiger partial charge in [-0.1, -0.05) is 146 Å². The van der Waals surface area contributed by atoms with Crippen molar-refractivity contribution in [2.24, 2.45) is 0 Å². The summed E-state index contributed by atoms with van der Waals surface area (Å²) in [5.74, 6) is 0. The van der Waals surface area contributed by atoms with Gasteiger partial charge in [-0.05, 0) is 102 Å². The van der Waals surface area contributed by atoms with Crippen LogP contribution in [0.15, 0.2) is 182 Å². The number of nitrogens with one attached hydrogen (secondary N) is 1. The highest BCUT2D eigenvalue weighted by Crippen LogP contribution is 2.45. The van der Waals surface area contributed by atoms with Crippen molar-refractivity contribution in [1.82, 2.24) is 10.3 Å². The Kier molecular flexibility index (Phi) is 6.91. The normalized spacial score (nSPS) is 14.0. The largest absolute Gasteiger partial charge is 0.381 e. The molecule has 0 bridgehead atoms. The van der Waals surface area contributed by atoms with Gasteiger partial charge in [-0.2, -0.15) is 0 Å². The predicted molar refractivity (Wildman–Crippen MR) is 203 cm³/mol. The van der Waals surface area contributed by atoms with Gasteiger partial charge in [-0.25, -0.2) is 0 Å². The lowest BCUT2D eigenvalue weighted by Crippen LogP contribution is -2.14. The first-order chi connectivity index (χ1) is 23.8. The molecule has 226 valence electrons. The van der Waals surface area contributed by atoms with Crippen LogP contribution in [0.3, 0.4) is 0 Å². The SMILES string of the molecule is C1=CNC(c2ccc(-c3c4ccccc4c(-c4ccc(-c5ccccn5)cc4)c4ccc(-c5cccc6ccccc56)cc34)cc2)C=C1. The summed E-state index contributed by atoms with van der Waals surface area (Å²) in [4.78, 5) is 4.58. The third-order valence-corrected chi connectivity index (χ3v) is 9.60. The van der Waals surface area contributed by atoms with Gasteiger partial charge in [0.1, 0.15) is 0 Å². The average Bonchev–Trinajstić information content (AvgIpc) is 3.17. The van der Waals surface area contributed by atoms with Gasteiger partial charge in [0.15, 0.2) is 0 Å². The van der Waals surface area contributed by atoms with Gasteiger partial charge in [0.25, 0.3) is 0 Å². The first-order valence-corrected chi connectivity index (χ1v) is 16.5. The van der Waals surface area contributed by atoms with E-state index in [1.807, 2.05) is 30.6 Å². The van der Waals surface area contributed by atoms with Crippen LogP contribution in [0, 0.1) is 0 Å². The Morgan fingerprint density at radius 3 is 1.81 bits per heavy atom. The molecule has 0 saturated heterocycles. The van der Waals surface area contributed by atoms with Gasteiger partial charge in [-0.3, -0.25) is 4.98 Å². The van der Waals surface area contributed by atoms with Crippen LogP contribution in [-0.2, 0) is 0 Å². The molecule has 9 rings (SSSR count). The second-order valence-electron chi connectivity index (χ2n) is 12.4. The molecule has 1 aliphatic heterocycles. The summed E-state index contributed by atoms with van der Waals surface area (Å²) < 4.78 is 0. The molecule has 2 nitrogen and oxygen atoms in total. The van der Waals surface area contributed by atoms with E-state index in [-0.39, 0.29) is 6.04 Å². The fourth-order valence-electron chi connectivity index (χ4n) is 7.30. The van der Waals surface area contributed by atoms with Crippen molar-refractivity contribution >= 4 is 32.3 Å². The van der Waals surface area contributed by atoms with Crippen LogP contribution in [0.1, 0.15) is 11.6 Å². The van der Waals surface area contributed by atoms with E-state index in [1.54, 1.807) is 0 Å². The van der Waals surface area contributed by atoms with Crippen molar-refractivity contribution in [3.8, 4) is 44.6 Å². The monoisotopic (exact) mass is 612 g/mol. The standard InChI is InChI=1S/C46H32N2/c1-2-12-37-31(10-1)11-9-15-38(37)36-26-27-41-42(30-36)46(35-24-20-33(21-25-35)44-17-6-8-29-48-44)40-14-4-3-13-39(40)45(41)34-22-18-32(19-23-34)43-16-5-7-28-47-43/h1-30,44,48H. The second kappa shape index (κ2) is 11.8. The maximum Gasteiger partial charge on any atom is 0.0701 e. The molecular formula is C46H32N2. The minimum absolute atomic E-state index is 0.173. The molecule has 1 N–H and O–H groups in total. The zero-order valence-corrected chi connectivity index (χ0v) is 26.3. The highest BCUT2D eigenvalue weighted by Gasteiger charge is 2.19. The number of allylic oxidation sites excluding steroid dienone is 2. The van der Waals surface area contributed by atoms with E-state index in [1.165, 1.54) is 71.3 Å². The molecule has 1 aromatic heterocycles. The van der Waals surface area contributed by atoms with Crippen molar-refractivity contribution in [1.29, 1.82) is 0 Å². The number of dihydropyridines is 1. The fourth-order valence-corrected chi connectivity index (χ4v) is 7.30. The van der Waals surface area contributed by atoms with Gasteiger partial charge in [0.2, 0.25) is 0 Å². The number of aromatic nitrogens is 1. The maximum atomic E-state index is 4.58. The summed E-state index contributed by atoms with van der Waals surface area (Å²) in [6.45, 7) is 0. The van der Waals surface area contributed by atoms with Crippen molar-refractivity contribution in [3.05, 3.63) is 188 Å². The lowest BCUT2D eigenvalue weighted by molar-refractivity contribution is 0.747. The number of pyridine rings is 1. The average molecular weight is 613 g/mol. The lowest BCUT2D eigenvalue weighted by Gasteiger charge is -2.20. The fraction of sp³-hybridized carbons (Fsp3) is 0.0217. The summed E-state index contributed by atoms with van der Waals surface area (Å²) in [6.07, 6.45) is 10.2. The first kappa shape index (κ1) is 28.0. The molecule has 2 heterocycles. The molecule has 0 radical (unpaired) electrons. The van der Waals surface area contributed by atoms with Crippen molar-refractivity contribution < 1.29 is 0 Å². The minimum Gasteiger partial charge on any atom is -0.381 e.